The molecule has 0 aromatic heterocycles. The predicted molar refractivity (Wildman–Crippen MR) is 64.0 cm³/mol. The third-order valence-electron chi connectivity index (χ3n) is 3.95. The molecule has 0 aromatic rings. The molecular formula is C12H26N2O. The fourth-order valence-electron chi connectivity index (χ4n) is 2.68. The van der Waals surface area contributed by atoms with E-state index in [1.165, 1.54) is 19.3 Å². The summed E-state index contributed by atoms with van der Waals surface area (Å²) in [5.74, 6) is 0. The minimum Gasteiger partial charge on any atom is -0.381 e. The van der Waals surface area contributed by atoms with Gasteiger partial charge in [-0.15, -0.1) is 0 Å². The van der Waals surface area contributed by atoms with Gasteiger partial charge in [0.2, 0.25) is 0 Å². The number of ether oxygens (including phenoxy) is 1. The summed E-state index contributed by atoms with van der Waals surface area (Å²) in [5, 5.41) is 0. The zero-order valence-corrected chi connectivity index (χ0v) is 10.5. The van der Waals surface area contributed by atoms with Gasteiger partial charge < -0.3 is 10.5 Å². The second-order valence-corrected chi connectivity index (χ2v) is 4.79. The van der Waals surface area contributed by atoms with Gasteiger partial charge >= 0.3 is 0 Å². The summed E-state index contributed by atoms with van der Waals surface area (Å²) in [7, 11) is 4.03. The molecule has 0 heterocycles. The van der Waals surface area contributed by atoms with Gasteiger partial charge in [0.25, 0.3) is 0 Å². The first-order chi connectivity index (χ1) is 7.18. The molecule has 0 saturated heterocycles. The van der Waals surface area contributed by atoms with Crippen molar-refractivity contribution in [2.75, 3.05) is 27.2 Å². The Morgan fingerprint density at radius 1 is 1.40 bits per heavy atom. The molecular weight excluding hydrogens is 188 g/mol. The lowest BCUT2D eigenvalue weighted by atomic mass is 9.79. The Hall–Kier alpha value is -0.120. The van der Waals surface area contributed by atoms with Crippen LogP contribution in [0.1, 0.15) is 39.0 Å². The average Bonchev–Trinajstić information content (AvgIpc) is 2.29. The maximum Gasteiger partial charge on any atom is 0.0572 e. The Morgan fingerprint density at radius 3 is 2.40 bits per heavy atom. The second kappa shape index (κ2) is 5.83. The minimum absolute atomic E-state index is 0.241. The number of nitrogens with two attached hydrogens (primary N) is 1. The zero-order chi connectivity index (χ0) is 11.3. The van der Waals surface area contributed by atoms with E-state index in [1.54, 1.807) is 0 Å². The molecule has 3 heteroatoms. The highest BCUT2D eigenvalue weighted by molar-refractivity contribution is 4.94. The van der Waals surface area contributed by atoms with Crippen molar-refractivity contribution in [3.05, 3.63) is 0 Å². The van der Waals surface area contributed by atoms with Crippen LogP contribution in [0.4, 0.5) is 0 Å². The lowest BCUT2D eigenvalue weighted by Gasteiger charge is -2.45. The molecule has 2 N–H and O–H groups in total. The van der Waals surface area contributed by atoms with Crippen molar-refractivity contribution < 1.29 is 4.74 Å². The van der Waals surface area contributed by atoms with Gasteiger partial charge in [0, 0.05) is 19.2 Å². The highest BCUT2D eigenvalue weighted by Gasteiger charge is 2.37. The number of hydrogen-bond donors (Lipinski definition) is 1. The lowest BCUT2D eigenvalue weighted by Crippen LogP contribution is -2.54. The summed E-state index contributed by atoms with van der Waals surface area (Å²) in [6.45, 7) is 4.15. The van der Waals surface area contributed by atoms with Crippen molar-refractivity contribution in [3.63, 3.8) is 0 Å². The standard InChI is InChI=1S/C12H26N2O/c1-4-9-14(2)12(10-13)7-5-11(15-3)6-8-12/h11H,4-10,13H2,1-3H3. The molecule has 1 fully saturated rings. The molecule has 3 nitrogen and oxygen atoms in total. The molecule has 0 aliphatic heterocycles. The molecule has 1 aliphatic rings. The molecule has 0 spiro atoms. The summed E-state index contributed by atoms with van der Waals surface area (Å²) >= 11 is 0. The van der Waals surface area contributed by atoms with Crippen LogP contribution < -0.4 is 5.73 Å². The number of rotatable bonds is 5. The third-order valence-corrected chi connectivity index (χ3v) is 3.95. The average molecular weight is 214 g/mol. The van der Waals surface area contributed by atoms with E-state index in [1.807, 2.05) is 7.11 Å². The van der Waals surface area contributed by atoms with Crippen LogP contribution in [-0.2, 0) is 4.74 Å². The SMILES string of the molecule is CCCN(C)C1(CN)CCC(OC)CC1. The van der Waals surface area contributed by atoms with Crippen LogP contribution in [0.5, 0.6) is 0 Å². The van der Waals surface area contributed by atoms with Crippen molar-refractivity contribution in [2.45, 2.75) is 50.7 Å². The Kier molecular flexibility index (Phi) is 5.03. The van der Waals surface area contributed by atoms with E-state index in [9.17, 15) is 0 Å². The fraction of sp³-hybridized carbons (Fsp3) is 1.00. The van der Waals surface area contributed by atoms with E-state index in [0.717, 1.165) is 25.9 Å². The van der Waals surface area contributed by atoms with Crippen LogP contribution in [0, 0.1) is 0 Å². The monoisotopic (exact) mass is 214 g/mol. The second-order valence-electron chi connectivity index (χ2n) is 4.79. The van der Waals surface area contributed by atoms with Crippen LogP contribution in [-0.4, -0.2) is 43.8 Å². The summed E-state index contributed by atoms with van der Waals surface area (Å²) in [6.07, 6.45) is 6.33. The van der Waals surface area contributed by atoms with E-state index in [-0.39, 0.29) is 5.54 Å². The molecule has 0 unspecified atom stereocenters. The summed E-state index contributed by atoms with van der Waals surface area (Å²) < 4.78 is 5.41. The summed E-state index contributed by atoms with van der Waals surface area (Å²) in [5.41, 5.74) is 6.21. The van der Waals surface area contributed by atoms with Gasteiger partial charge in [-0.25, -0.2) is 0 Å². The molecule has 0 bridgehead atoms. The van der Waals surface area contributed by atoms with Crippen LogP contribution >= 0.6 is 0 Å². The normalized spacial score (nSPS) is 32.2. The molecule has 1 rings (SSSR count). The topological polar surface area (TPSA) is 38.5 Å². The van der Waals surface area contributed by atoms with Gasteiger partial charge in [-0.1, -0.05) is 6.92 Å². The Morgan fingerprint density at radius 2 is 2.00 bits per heavy atom. The van der Waals surface area contributed by atoms with E-state index in [4.69, 9.17) is 10.5 Å². The van der Waals surface area contributed by atoms with Gasteiger partial charge in [0.05, 0.1) is 6.10 Å². The summed E-state index contributed by atoms with van der Waals surface area (Å²) in [6, 6.07) is 0. The predicted octanol–water partition coefficient (Wildman–Crippen LogP) is 1.61. The minimum atomic E-state index is 0.241. The Balaban J connectivity index is 2.55. The van der Waals surface area contributed by atoms with Crippen molar-refractivity contribution in [1.29, 1.82) is 0 Å². The molecule has 0 atom stereocenters. The maximum absolute atomic E-state index is 5.97. The Labute approximate surface area is 94.0 Å². The van der Waals surface area contributed by atoms with E-state index >= 15 is 0 Å². The van der Waals surface area contributed by atoms with Crippen LogP contribution in [0.2, 0.25) is 0 Å². The van der Waals surface area contributed by atoms with Crippen molar-refractivity contribution in [2.24, 2.45) is 5.73 Å². The van der Waals surface area contributed by atoms with E-state index < -0.39 is 0 Å². The van der Waals surface area contributed by atoms with Crippen molar-refractivity contribution >= 4 is 0 Å². The highest BCUT2D eigenvalue weighted by Crippen LogP contribution is 2.33. The van der Waals surface area contributed by atoms with Gasteiger partial charge in [0.1, 0.15) is 0 Å². The number of hydrogen-bond acceptors (Lipinski definition) is 3. The Bertz CT molecular complexity index is 176. The molecule has 0 amide bonds. The largest absolute Gasteiger partial charge is 0.381 e. The smallest absolute Gasteiger partial charge is 0.0572 e. The van der Waals surface area contributed by atoms with Crippen LogP contribution in [0.15, 0.2) is 0 Å². The fourth-order valence-corrected chi connectivity index (χ4v) is 2.68. The zero-order valence-electron chi connectivity index (χ0n) is 10.5. The quantitative estimate of drug-likeness (QED) is 0.755. The first-order valence-corrected chi connectivity index (χ1v) is 6.12. The molecule has 1 aliphatic carbocycles. The third kappa shape index (κ3) is 2.92. The van der Waals surface area contributed by atoms with Crippen molar-refractivity contribution in [1.82, 2.24) is 4.90 Å². The highest BCUT2D eigenvalue weighted by atomic mass is 16.5. The number of nitrogens with zero attached hydrogens (tertiary/aromatic N) is 1. The first-order valence-electron chi connectivity index (χ1n) is 6.12. The van der Waals surface area contributed by atoms with Crippen LogP contribution in [0.3, 0.4) is 0 Å². The molecule has 90 valence electrons. The maximum atomic E-state index is 5.97. The molecule has 0 aromatic carbocycles. The van der Waals surface area contributed by atoms with Gasteiger partial charge in [0.15, 0.2) is 0 Å². The van der Waals surface area contributed by atoms with Gasteiger partial charge in [-0.3, -0.25) is 4.90 Å². The van der Waals surface area contributed by atoms with E-state index in [2.05, 4.69) is 18.9 Å². The molecule has 1 saturated carbocycles. The van der Waals surface area contributed by atoms with Gasteiger partial charge in [-0.2, -0.15) is 0 Å². The number of methoxy groups -OCH3 is 1. The van der Waals surface area contributed by atoms with Crippen molar-refractivity contribution in [3.8, 4) is 0 Å². The first kappa shape index (κ1) is 12.9. The lowest BCUT2D eigenvalue weighted by molar-refractivity contribution is 0.00353. The number of likely N-dealkylation sites (N-methyl/N-ethyl adjacent to an activating group) is 1. The van der Waals surface area contributed by atoms with E-state index in [0.29, 0.717) is 6.10 Å². The molecule has 0 radical (unpaired) electrons. The van der Waals surface area contributed by atoms with Gasteiger partial charge in [-0.05, 0) is 45.7 Å². The summed E-state index contributed by atoms with van der Waals surface area (Å²) in [4.78, 5) is 2.46. The molecule has 15 heavy (non-hydrogen) atoms. The van der Waals surface area contributed by atoms with Crippen LogP contribution in [0.25, 0.3) is 0 Å².